The second-order valence-corrected chi connectivity index (χ2v) is 7.25. The molecule has 3 heterocycles. The van der Waals surface area contributed by atoms with Gasteiger partial charge < -0.3 is 14.7 Å². The first-order chi connectivity index (χ1) is 12.1. The molecule has 25 heavy (non-hydrogen) atoms. The number of fused-ring (bicyclic) bond motifs is 1. The van der Waals surface area contributed by atoms with Crippen LogP contribution in [0, 0.1) is 13.8 Å². The van der Waals surface area contributed by atoms with E-state index >= 15 is 0 Å². The average molecular weight is 338 g/mol. The Morgan fingerprint density at radius 1 is 1.28 bits per heavy atom. The summed E-state index contributed by atoms with van der Waals surface area (Å²) in [5.41, 5.74) is 5.87. The Hall–Kier alpha value is -2.11. The molecule has 0 radical (unpaired) electrons. The Morgan fingerprint density at radius 2 is 2.12 bits per heavy atom. The molecule has 2 atom stereocenters. The number of imidazole rings is 1. The van der Waals surface area contributed by atoms with Crippen molar-refractivity contribution in [3.05, 3.63) is 53.6 Å². The van der Waals surface area contributed by atoms with Crippen molar-refractivity contribution in [2.24, 2.45) is 0 Å². The minimum atomic E-state index is -0.408. The summed E-state index contributed by atoms with van der Waals surface area (Å²) >= 11 is 0. The van der Waals surface area contributed by atoms with Crippen molar-refractivity contribution in [3.63, 3.8) is 0 Å². The molecule has 0 spiro atoms. The smallest absolute Gasteiger partial charge is 0.0959 e. The number of H-pyrrole nitrogens is 1. The first kappa shape index (κ1) is 16.4. The third-order valence-corrected chi connectivity index (χ3v) is 5.43. The molecule has 0 aliphatic carbocycles. The van der Waals surface area contributed by atoms with E-state index < -0.39 is 6.10 Å². The van der Waals surface area contributed by atoms with Gasteiger partial charge in [0.1, 0.15) is 0 Å². The molecule has 1 fully saturated rings. The van der Waals surface area contributed by atoms with Crippen LogP contribution < -0.4 is 0 Å². The molecule has 4 rings (SSSR count). The van der Waals surface area contributed by atoms with Crippen molar-refractivity contribution in [1.29, 1.82) is 0 Å². The summed E-state index contributed by atoms with van der Waals surface area (Å²) in [7, 11) is 0. The third-order valence-electron chi connectivity index (χ3n) is 5.43. The van der Waals surface area contributed by atoms with Crippen molar-refractivity contribution in [2.45, 2.75) is 45.4 Å². The van der Waals surface area contributed by atoms with Gasteiger partial charge in [0.25, 0.3) is 0 Å². The Morgan fingerprint density at radius 3 is 2.92 bits per heavy atom. The fourth-order valence-corrected chi connectivity index (χ4v) is 3.96. The van der Waals surface area contributed by atoms with E-state index in [1.807, 2.05) is 18.6 Å². The molecular weight excluding hydrogens is 312 g/mol. The molecule has 1 aliphatic heterocycles. The molecule has 2 N–H and O–H groups in total. The van der Waals surface area contributed by atoms with Crippen LogP contribution in [0.2, 0.25) is 0 Å². The van der Waals surface area contributed by atoms with Crippen LogP contribution in [0.4, 0.5) is 0 Å². The number of nitrogens with one attached hydrogen (secondary N) is 1. The van der Waals surface area contributed by atoms with Crippen LogP contribution in [-0.2, 0) is 6.54 Å². The van der Waals surface area contributed by atoms with Crippen LogP contribution in [0.5, 0.6) is 0 Å². The van der Waals surface area contributed by atoms with E-state index in [0.29, 0.717) is 19.1 Å². The number of β-amino-alcohol motifs (C(OH)–C–C–N with tert-alkyl or cyclic N) is 1. The van der Waals surface area contributed by atoms with Crippen molar-refractivity contribution in [2.75, 3.05) is 13.1 Å². The van der Waals surface area contributed by atoms with Gasteiger partial charge in [-0.1, -0.05) is 0 Å². The number of aromatic amines is 1. The minimum Gasteiger partial charge on any atom is -0.390 e. The van der Waals surface area contributed by atoms with E-state index in [0.717, 1.165) is 24.0 Å². The van der Waals surface area contributed by atoms with Crippen LogP contribution in [0.15, 0.2) is 36.8 Å². The van der Waals surface area contributed by atoms with E-state index in [1.54, 1.807) is 0 Å². The van der Waals surface area contributed by atoms with Gasteiger partial charge in [-0.25, -0.2) is 4.98 Å². The molecular formula is C20H26N4O. The number of likely N-dealkylation sites (tertiary alicyclic amines) is 1. The lowest BCUT2D eigenvalue weighted by atomic mass is 10.1. The predicted molar refractivity (Wildman–Crippen MR) is 99.6 cm³/mol. The Bertz CT molecular complexity index is 852. The molecule has 5 nitrogen and oxygen atoms in total. The largest absolute Gasteiger partial charge is 0.390 e. The van der Waals surface area contributed by atoms with Crippen LogP contribution in [0.25, 0.3) is 11.0 Å². The molecule has 0 saturated carbocycles. The zero-order valence-electron chi connectivity index (χ0n) is 14.9. The summed E-state index contributed by atoms with van der Waals surface area (Å²) in [6, 6.07) is 8.87. The highest BCUT2D eigenvalue weighted by Gasteiger charge is 2.28. The van der Waals surface area contributed by atoms with Crippen LogP contribution >= 0.6 is 0 Å². The number of hydrogen-bond acceptors (Lipinski definition) is 3. The summed E-state index contributed by atoms with van der Waals surface area (Å²) in [6.07, 6.45) is 5.75. The van der Waals surface area contributed by atoms with Gasteiger partial charge >= 0.3 is 0 Å². The molecule has 2 unspecified atom stereocenters. The maximum Gasteiger partial charge on any atom is 0.0959 e. The topological polar surface area (TPSA) is 57.1 Å². The molecule has 3 aromatic rings. The second-order valence-electron chi connectivity index (χ2n) is 7.25. The Balaban J connectivity index is 1.47. The van der Waals surface area contributed by atoms with Gasteiger partial charge in [-0.15, -0.1) is 0 Å². The fraction of sp³-hybridized carbons (Fsp3) is 0.450. The number of nitrogens with zero attached hydrogens (tertiary/aromatic N) is 3. The highest BCUT2D eigenvalue weighted by molar-refractivity contribution is 5.77. The van der Waals surface area contributed by atoms with Gasteiger partial charge in [-0.2, -0.15) is 0 Å². The summed E-state index contributed by atoms with van der Waals surface area (Å²) in [6.45, 7) is 6.54. The maximum absolute atomic E-state index is 10.7. The Kier molecular flexibility index (Phi) is 4.36. The average Bonchev–Trinajstić information content (AvgIpc) is 3.30. The van der Waals surface area contributed by atoms with Gasteiger partial charge in [0.05, 0.1) is 30.0 Å². The van der Waals surface area contributed by atoms with Crippen LogP contribution in [0.1, 0.15) is 35.7 Å². The van der Waals surface area contributed by atoms with Crippen LogP contribution in [0.3, 0.4) is 0 Å². The van der Waals surface area contributed by atoms with E-state index in [1.165, 1.54) is 23.2 Å². The number of hydrogen-bond donors (Lipinski definition) is 2. The number of aromatic nitrogens is 3. The lowest BCUT2D eigenvalue weighted by Gasteiger charge is -2.26. The molecule has 2 aromatic heterocycles. The quantitative estimate of drug-likeness (QED) is 0.751. The van der Waals surface area contributed by atoms with Crippen molar-refractivity contribution in [3.8, 4) is 0 Å². The summed E-state index contributed by atoms with van der Waals surface area (Å²) in [4.78, 5) is 10.2. The summed E-state index contributed by atoms with van der Waals surface area (Å²) in [5.74, 6) is 0. The lowest BCUT2D eigenvalue weighted by Crippen LogP contribution is -2.34. The number of aliphatic hydroxyl groups is 1. The lowest BCUT2D eigenvalue weighted by molar-refractivity contribution is 0.0921. The highest BCUT2D eigenvalue weighted by atomic mass is 16.3. The number of aliphatic hydroxyl groups excluding tert-OH is 1. The Labute approximate surface area is 148 Å². The van der Waals surface area contributed by atoms with Crippen LogP contribution in [-0.4, -0.2) is 43.7 Å². The number of benzene rings is 1. The molecule has 0 amide bonds. The molecule has 5 heteroatoms. The van der Waals surface area contributed by atoms with Crippen molar-refractivity contribution in [1.82, 2.24) is 19.4 Å². The number of rotatable bonds is 5. The molecule has 1 aliphatic rings. The second kappa shape index (κ2) is 6.65. The normalized spacial score (nSPS) is 19.7. The van der Waals surface area contributed by atoms with Crippen molar-refractivity contribution >= 4 is 11.0 Å². The van der Waals surface area contributed by atoms with Gasteiger partial charge in [-0.05, 0) is 68.6 Å². The fourth-order valence-electron chi connectivity index (χ4n) is 3.96. The number of aryl methyl sites for hydroxylation is 2. The highest BCUT2D eigenvalue weighted by Crippen LogP contribution is 2.31. The molecule has 1 saturated heterocycles. The van der Waals surface area contributed by atoms with E-state index in [9.17, 15) is 5.11 Å². The van der Waals surface area contributed by atoms with E-state index in [2.05, 4.69) is 51.5 Å². The van der Waals surface area contributed by atoms with E-state index in [4.69, 9.17) is 0 Å². The van der Waals surface area contributed by atoms with E-state index in [-0.39, 0.29) is 0 Å². The minimum absolute atomic E-state index is 0.397. The maximum atomic E-state index is 10.7. The predicted octanol–water partition coefficient (Wildman–Crippen LogP) is 3.18. The van der Waals surface area contributed by atoms with Gasteiger partial charge in [0.2, 0.25) is 0 Å². The van der Waals surface area contributed by atoms with Gasteiger partial charge in [0.15, 0.2) is 0 Å². The van der Waals surface area contributed by atoms with Gasteiger partial charge in [0, 0.05) is 24.5 Å². The van der Waals surface area contributed by atoms with Gasteiger partial charge in [-0.3, -0.25) is 4.90 Å². The summed E-state index contributed by atoms with van der Waals surface area (Å²) < 4.78 is 2.08. The third kappa shape index (κ3) is 3.22. The summed E-state index contributed by atoms with van der Waals surface area (Å²) in [5, 5.41) is 10.7. The standard InChI is InChI=1S/C20H26N4O/c1-14-9-18-20(10-15(14)2)24(13-22-18)12-16(25)11-23-8-4-6-19(23)17-5-3-7-21-17/h3,5,7,9-10,13,16,19,21,25H,4,6,8,11-12H2,1-2H3. The molecule has 132 valence electrons. The molecule has 1 aromatic carbocycles. The SMILES string of the molecule is Cc1cc2ncn(CC(O)CN3CCCC3c3ccc[nH]3)c2cc1C. The zero-order chi connectivity index (χ0) is 17.4. The zero-order valence-corrected chi connectivity index (χ0v) is 14.9. The first-order valence-corrected chi connectivity index (χ1v) is 9.09. The molecule has 0 bridgehead atoms. The monoisotopic (exact) mass is 338 g/mol. The van der Waals surface area contributed by atoms with Crippen molar-refractivity contribution < 1.29 is 5.11 Å². The first-order valence-electron chi connectivity index (χ1n) is 9.09.